The smallest absolute Gasteiger partial charge is 0.471 e. The van der Waals surface area contributed by atoms with Crippen LogP contribution in [0.5, 0.6) is 5.75 Å². The van der Waals surface area contributed by atoms with Crippen LogP contribution in [0.4, 0.5) is 18.9 Å². The van der Waals surface area contributed by atoms with Gasteiger partial charge in [-0.05, 0) is 25.0 Å². The Morgan fingerprint density at radius 3 is 2.56 bits per heavy atom. The molecule has 148 valence electrons. The second kappa shape index (κ2) is 8.41. The maximum Gasteiger partial charge on any atom is 0.471 e. The number of benzene rings is 1. The van der Waals surface area contributed by atoms with Crippen molar-refractivity contribution in [1.82, 2.24) is 10.1 Å². The van der Waals surface area contributed by atoms with Gasteiger partial charge >= 0.3 is 12.1 Å². The number of amides is 1. The van der Waals surface area contributed by atoms with Crippen LogP contribution in [0, 0.1) is 5.41 Å². The molecule has 0 aliphatic heterocycles. The number of halogens is 3. The minimum atomic E-state index is -4.64. The number of aromatic nitrogens is 2. The number of methoxy groups -OCH3 is 1. The number of anilines is 1. The van der Waals surface area contributed by atoms with Crippen LogP contribution in [-0.2, 0) is 17.4 Å². The van der Waals surface area contributed by atoms with Gasteiger partial charge in [-0.3, -0.25) is 4.79 Å². The lowest BCUT2D eigenvalue weighted by atomic mass is 9.85. The van der Waals surface area contributed by atoms with Crippen LogP contribution in [-0.4, -0.2) is 23.2 Å². The Kier molecular flexibility index (Phi) is 6.45. The van der Waals surface area contributed by atoms with Crippen molar-refractivity contribution in [2.45, 2.75) is 45.7 Å². The van der Waals surface area contributed by atoms with E-state index in [2.05, 4.69) is 20.0 Å². The number of hydrogen-bond acceptors (Lipinski definition) is 5. The molecule has 0 atom stereocenters. The molecule has 0 spiro atoms. The maximum atomic E-state index is 12.5. The first-order valence-corrected chi connectivity index (χ1v) is 8.48. The number of alkyl halides is 3. The highest BCUT2D eigenvalue weighted by atomic mass is 19.4. The van der Waals surface area contributed by atoms with E-state index in [1.807, 2.05) is 19.9 Å². The van der Waals surface area contributed by atoms with E-state index in [1.165, 1.54) is 7.11 Å². The molecule has 6 nitrogen and oxygen atoms in total. The standard InChI is InChI=1S/C18H22F3N3O3/c1-17(2,15(25)22-12-8-4-5-9-13(12)26-3)11-7-6-10-14-23-16(27-24-14)18(19,20)21/h4-5,8-9H,6-7,10-11H2,1-3H3,(H,22,25). The third kappa shape index (κ3) is 5.70. The Morgan fingerprint density at radius 1 is 1.22 bits per heavy atom. The van der Waals surface area contributed by atoms with Gasteiger partial charge in [-0.15, -0.1) is 0 Å². The number of para-hydroxylation sites is 2. The third-order valence-electron chi connectivity index (χ3n) is 4.13. The first-order chi connectivity index (χ1) is 12.6. The molecular formula is C18H22F3N3O3. The van der Waals surface area contributed by atoms with Gasteiger partial charge in [0, 0.05) is 11.8 Å². The molecule has 0 aliphatic carbocycles. The van der Waals surface area contributed by atoms with E-state index in [9.17, 15) is 18.0 Å². The number of nitrogens with one attached hydrogen (secondary N) is 1. The van der Waals surface area contributed by atoms with Crippen LogP contribution in [0.3, 0.4) is 0 Å². The summed E-state index contributed by atoms with van der Waals surface area (Å²) in [7, 11) is 1.53. The van der Waals surface area contributed by atoms with Crippen molar-refractivity contribution in [2.75, 3.05) is 12.4 Å². The summed E-state index contributed by atoms with van der Waals surface area (Å²) < 4.78 is 46.7. The van der Waals surface area contributed by atoms with Crippen molar-refractivity contribution in [3.8, 4) is 5.75 Å². The highest BCUT2D eigenvalue weighted by Gasteiger charge is 2.38. The van der Waals surface area contributed by atoms with E-state index in [0.717, 1.165) is 0 Å². The molecule has 0 radical (unpaired) electrons. The molecule has 0 bridgehead atoms. The molecule has 1 aromatic heterocycles. The van der Waals surface area contributed by atoms with E-state index in [0.29, 0.717) is 30.7 Å². The van der Waals surface area contributed by atoms with Gasteiger partial charge < -0.3 is 14.6 Å². The van der Waals surface area contributed by atoms with Gasteiger partial charge in [0.25, 0.3) is 0 Å². The largest absolute Gasteiger partial charge is 0.495 e. The molecule has 0 aliphatic rings. The fourth-order valence-electron chi connectivity index (χ4n) is 2.47. The molecule has 1 N–H and O–H groups in total. The molecule has 0 unspecified atom stereocenters. The quantitative estimate of drug-likeness (QED) is 0.678. The second-order valence-corrected chi connectivity index (χ2v) is 6.76. The molecule has 1 aromatic carbocycles. The highest BCUT2D eigenvalue weighted by Crippen LogP contribution is 2.30. The number of nitrogens with zero attached hydrogens (tertiary/aromatic N) is 2. The zero-order valence-electron chi connectivity index (χ0n) is 15.4. The van der Waals surface area contributed by atoms with Gasteiger partial charge in [0.2, 0.25) is 5.91 Å². The number of unbranched alkanes of at least 4 members (excludes halogenated alkanes) is 1. The highest BCUT2D eigenvalue weighted by molar-refractivity contribution is 5.96. The van der Waals surface area contributed by atoms with E-state index in [-0.39, 0.29) is 18.2 Å². The Balaban J connectivity index is 1.83. The van der Waals surface area contributed by atoms with Crippen molar-refractivity contribution in [2.24, 2.45) is 5.41 Å². The third-order valence-corrected chi connectivity index (χ3v) is 4.13. The molecule has 9 heteroatoms. The number of carbonyl (C=O) groups excluding carboxylic acids is 1. The first-order valence-electron chi connectivity index (χ1n) is 8.48. The summed E-state index contributed by atoms with van der Waals surface area (Å²) in [5, 5.41) is 6.18. The average molecular weight is 385 g/mol. The SMILES string of the molecule is COc1ccccc1NC(=O)C(C)(C)CCCCc1noc(C(F)(F)F)n1. The summed E-state index contributed by atoms with van der Waals surface area (Å²) in [6.45, 7) is 3.63. The number of aryl methyl sites for hydroxylation is 1. The fourth-order valence-corrected chi connectivity index (χ4v) is 2.47. The zero-order chi connectivity index (χ0) is 20.1. The summed E-state index contributed by atoms with van der Waals surface area (Å²) in [6, 6.07) is 7.11. The van der Waals surface area contributed by atoms with Gasteiger partial charge in [-0.1, -0.05) is 37.6 Å². The maximum absolute atomic E-state index is 12.5. The van der Waals surface area contributed by atoms with E-state index in [4.69, 9.17) is 4.74 Å². The van der Waals surface area contributed by atoms with Gasteiger partial charge in [0.05, 0.1) is 12.8 Å². The number of carbonyl (C=O) groups is 1. The second-order valence-electron chi connectivity index (χ2n) is 6.76. The van der Waals surface area contributed by atoms with Crippen molar-refractivity contribution < 1.29 is 27.2 Å². The Labute approximate surface area is 155 Å². The lowest BCUT2D eigenvalue weighted by molar-refractivity contribution is -0.159. The predicted octanol–water partition coefficient (Wildman–Crippen LogP) is 4.47. The van der Waals surface area contributed by atoms with Crippen molar-refractivity contribution in [3.05, 3.63) is 36.0 Å². The van der Waals surface area contributed by atoms with Crippen LogP contribution in [0.15, 0.2) is 28.8 Å². The Bertz CT molecular complexity index is 772. The summed E-state index contributed by atoms with van der Waals surface area (Å²) in [5.41, 5.74) is -0.0700. The molecular weight excluding hydrogens is 363 g/mol. The van der Waals surface area contributed by atoms with Gasteiger partial charge in [0.1, 0.15) is 5.75 Å². The molecule has 2 aromatic rings. The summed E-state index contributed by atoms with van der Waals surface area (Å²) in [4.78, 5) is 15.9. The lowest BCUT2D eigenvalue weighted by Crippen LogP contribution is -2.30. The van der Waals surface area contributed by atoms with Crippen LogP contribution < -0.4 is 10.1 Å². The van der Waals surface area contributed by atoms with E-state index in [1.54, 1.807) is 18.2 Å². The predicted molar refractivity (Wildman–Crippen MR) is 92.3 cm³/mol. The molecule has 0 saturated carbocycles. The summed E-state index contributed by atoms with van der Waals surface area (Å²) in [5.74, 6) is -0.919. The normalized spacial score (nSPS) is 12.1. The average Bonchev–Trinajstić information content (AvgIpc) is 3.08. The monoisotopic (exact) mass is 385 g/mol. The van der Waals surface area contributed by atoms with Crippen molar-refractivity contribution in [3.63, 3.8) is 0 Å². The summed E-state index contributed by atoms with van der Waals surface area (Å²) >= 11 is 0. The van der Waals surface area contributed by atoms with Gasteiger partial charge in [-0.2, -0.15) is 18.2 Å². The number of rotatable bonds is 8. The molecule has 2 rings (SSSR count). The Hall–Kier alpha value is -2.58. The van der Waals surface area contributed by atoms with Gasteiger partial charge in [-0.25, -0.2) is 0 Å². The van der Waals surface area contributed by atoms with E-state index < -0.39 is 17.5 Å². The van der Waals surface area contributed by atoms with Crippen molar-refractivity contribution in [1.29, 1.82) is 0 Å². The minimum absolute atomic E-state index is 0.0126. The van der Waals surface area contributed by atoms with Crippen LogP contribution in [0.25, 0.3) is 0 Å². The Morgan fingerprint density at radius 2 is 1.93 bits per heavy atom. The topological polar surface area (TPSA) is 77.2 Å². The molecule has 0 saturated heterocycles. The van der Waals surface area contributed by atoms with Crippen LogP contribution >= 0.6 is 0 Å². The lowest BCUT2D eigenvalue weighted by Gasteiger charge is -2.24. The van der Waals surface area contributed by atoms with E-state index >= 15 is 0 Å². The summed E-state index contributed by atoms with van der Waals surface area (Å²) in [6.07, 6.45) is -2.66. The van der Waals surface area contributed by atoms with Crippen molar-refractivity contribution >= 4 is 11.6 Å². The number of hydrogen-bond donors (Lipinski definition) is 1. The fraction of sp³-hybridized carbons (Fsp3) is 0.500. The molecule has 27 heavy (non-hydrogen) atoms. The van der Waals surface area contributed by atoms with Gasteiger partial charge in [0.15, 0.2) is 5.82 Å². The first kappa shape index (κ1) is 20.7. The van der Waals surface area contributed by atoms with Crippen LogP contribution in [0.1, 0.15) is 44.8 Å². The molecule has 0 fully saturated rings. The number of ether oxygens (including phenoxy) is 1. The zero-order valence-corrected chi connectivity index (χ0v) is 15.4. The van der Waals surface area contributed by atoms with Crippen LogP contribution in [0.2, 0.25) is 0 Å². The molecule has 1 amide bonds. The minimum Gasteiger partial charge on any atom is -0.495 e. The molecule has 1 heterocycles.